The molecule has 1 amide bonds. The second-order valence-electron chi connectivity index (χ2n) is 7.07. The van der Waals surface area contributed by atoms with E-state index in [9.17, 15) is 18.4 Å². The highest BCUT2D eigenvalue weighted by Crippen LogP contribution is 2.35. The number of aryl methyl sites for hydroxylation is 1. The van der Waals surface area contributed by atoms with E-state index in [2.05, 4.69) is 15.2 Å². The zero-order valence-corrected chi connectivity index (χ0v) is 19.0. The molecular formula is C24H23F2N3O5. The number of benzene rings is 2. The molecule has 10 heteroatoms. The van der Waals surface area contributed by atoms with Gasteiger partial charge in [-0.05, 0) is 32.1 Å². The molecule has 2 aromatic carbocycles. The van der Waals surface area contributed by atoms with Crippen LogP contribution in [-0.2, 0) is 9.53 Å². The maximum Gasteiger partial charge on any atom is 0.387 e. The number of carbonyl (C=O) groups is 2. The number of anilines is 1. The number of halogens is 2. The first-order chi connectivity index (χ1) is 16.2. The van der Waals surface area contributed by atoms with Gasteiger partial charge in [0, 0.05) is 29.5 Å². The highest BCUT2D eigenvalue weighted by molar-refractivity contribution is 6.07. The Morgan fingerprint density at radius 2 is 1.79 bits per heavy atom. The van der Waals surface area contributed by atoms with E-state index >= 15 is 0 Å². The minimum Gasteiger partial charge on any atom is -0.493 e. The minimum atomic E-state index is -3.13. The molecule has 0 radical (unpaired) electrons. The number of nitrogens with zero attached hydrogens (tertiary/aromatic N) is 2. The van der Waals surface area contributed by atoms with Crippen LogP contribution in [0.15, 0.2) is 48.5 Å². The van der Waals surface area contributed by atoms with Gasteiger partial charge in [-0.2, -0.15) is 13.9 Å². The Bertz CT molecular complexity index is 1220. The standard InChI is InChI=1S/C24H23F2N3O5/c1-14-17(15(2)29(28-14)16-8-6-5-7-9-16)10-11-22(30)27-19-13-21(34-24(25)26)20(32-3)12-18(19)23(31)33-4/h5-13,24H,1-4H3,(H,27,30)/b11-10+. The first-order valence-corrected chi connectivity index (χ1v) is 10.1. The average Bonchev–Trinajstić information content (AvgIpc) is 3.10. The number of alkyl halides is 2. The Morgan fingerprint density at radius 1 is 1.09 bits per heavy atom. The lowest BCUT2D eigenvalue weighted by Crippen LogP contribution is -2.14. The van der Waals surface area contributed by atoms with Crippen molar-refractivity contribution in [3.8, 4) is 17.2 Å². The smallest absolute Gasteiger partial charge is 0.387 e. The molecule has 3 rings (SSSR count). The quantitative estimate of drug-likeness (QED) is 0.383. The highest BCUT2D eigenvalue weighted by Gasteiger charge is 2.21. The summed E-state index contributed by atoms with van der Waals surface area (Å²) in [5, 5.41) is 7.02. The third-order valence-electron chi connectivity index (χ3n) is 4.93. The highest BCUT2D eigenvalue weighted by atomic mass is 19.3. The second kappa shape index (κ2) is 10.6. The fraction of sp³-hybridized carbons (Fsp3) is 0.208. The number of rotatable bonds is 8. The number of aromatic nitrogens is 2. The van der Waals surface area contributed by atoms with E-state index in [1.807, 2.05) is 44.2 Å². The molecule has 0 aliphatic heterocycles. The van der Waals surface area contributed by atoms with Crippen LogP contribution in [0.3, 0.4) is 0 Å². The van der Waals surface area contributed by atoms with Crippen LogP contribution < -0.4 is 14.8 Å². The Hall–Kier alpha value is -4.21. The fourth-order valence-electron chi connectivity index (χ4n) is 3.34. The van der Waals surface area contributed by atoms with E-state index in [1.165, 1.54) is 13.2 Å². The average molecular weight is 471 g/mol. The van der Waals surface area contributed by atoms with Crippen LogP contribution in [-0.4, -0.2) is 42.5 Å². The van der Waals surface area contributed by atoms with Crippen molar-refractivity contribution in [2.24, 2.45) is 0 Å². The van der Waals surface area contributed by atoms with Crippen LogP contribution >= 0.6 is 0 Å². The van der Waals surface area contributed by atoms with E-state index in [1.54, 1.807) is 10.8 Å². The van der Waals surface area contributed by atoms with Crippen LogP contribution in [0.25, 0.3) is 11.8 Å². The van der Waals surface area contributed by atoms with Crippen molar-refractivity contribution in [3.05, 3.63) is 71.1 Å². The minimum absolute atomic E-state index is 0.0774. The molecule has 0 fully saturated rings. The van der Waals surface area contributed by atoms with Gasteiger partial charge < -0.3 is 19.5 Å². The molecule has 8 nitrogen and oxygen atoms in total. The van der Waals surface area contributed by atoms with Gasteiger partial charge in [-0.3, -0.25) is 4.79 Å². The molecule has 0 unspecified atom stereocenters. The Morgan fingerprint density at radius 3 is 2.41 bits per heavy atom. The lowest BCUT2D eigenvalue weighted by Gasteiger charge is -2.15. The van der Waals surface area contributed by atoms with E-state index in [-0.39, 0.29) is 22.7 Å². The Kier molecular flexibility index (Phi) is 7.62. The zero-order chi connectivity index (χ0) is 24.8. The molecule has 0 bridgehead atoms. The van der Waals surface area contributed by atoms with Gasteiger partial charge >= 0.3 is 12.6 Å². The summed E-state index contributed by atoms with van der Waals surface area (Å²) < 4.78 is 41.5. The lowest BCUT2D eigenvalue weighted by atomic mass is 10.1. The van der Waals surface area contributed by atoms with E-state index in [4.69, 9.17) is 9.47 Å². The molecule has 0 aliphatic rings. The van der Waals surface area contributed by atoms with Crippen molar-refractivity contribution < 1.29 is 32.6 Å². The number of ether oxygens (including phenoxy) is 3. The number of para-hydroxylation sites is 1. The lowest BCUT2D eigenvalue weighted by molar-refractivity contribution is -0.111. The SMILES string of the molecule is COC(=O)c1cc(OC)c(OC(F)F)cc1NC(=O)/C=C/c1c(C)nn(-c2ccccc2)c1C. The van der Waals surface area contributed by atoms with Gasteiger partial charge in [-0.1, -0.05) is 18.2 Å². The molecule has 178 valence electrons. The molecule has 0 aliphatic carbocycles. The molecule has 0 atom stereocenters. The first-order valence-electron chi connectivity index (χ1n) is 10.1. The third kappa shape index (κ3) is 5.40. The van der Waals surface area contributed by atoms with Gasteiger partial charge in [0.1, 0.15) is 0 Å². The predicted molar refractivity (Wildman–Crippen MR) is 122 cm³/mol. The molecule has 3 aromatic rings. The van der Waals surface area contributed by atoms with Gasteiger partial charge in [0.25, 0.3) is 0 Å². The monoisotopic (exact) mass is 471 g/mol. The largest absolute Gasteiger partial charge is 0.493 e. The number of hydrogen-bond acceptors (Lipinski definition) is 6. The molecule has 34 heavy (non-hydrogen) atoms. The molecule has 0 saturated carbocycles. The van der Waals surface area contributed by atoms with Crippen LogP contribution in [0.4, 0.5) is 14.5 Å². The molecule has 0 saturated heterocycles. The number of amides is 1. The Labute approximate surface area is 194 Å². The summed E-state index contributed by atoms with van der Waals surface area (Å²) in [7, 11) is 2.38. The Balaban J connectivity index is 1.90. The molecule has 1 N–H and O–H groups in total. The van der Waals surface area contributed by atoms with Crippen molar-refractivity contribution in [1.29, 1.82) is 0 Å². The summed E-state index contributed by atoms with van der Waals surface area (Å²) in [5.41, 5.74) is 2.97. The van der Waals surface area contributed by atoms with E-state index in [0.717, 1.165) is 36.2 Å². The fourth-order valence-corrected chi connectivity index (χ4v) is 3.34. The number of methoxy groups -OCH3 is 2. The maximum absolute atomic E-state index is 12.8. The van der Waals surface area contributed by atoms with Gasteiger partial charge in [0.05, 0.1) is 36.9 Å². The van der Waals surface area contributed by atoms with Crippen LogP contribution in [0, 0.1) is 13.8 Å². The number of carbonyl (C=O) groups excluding carboxylic acids is 2. The van der Waals surface area contributed by atoms with Crippen molar-refractivity contribution in [1.82, 2.24) is 9.78 Å². The van der Waals surface area contributed by atoms with Crippen molar-refractivity contribution >= 4 is 23.6 Å². The first kappa shape index (κ1) is 24.4. The topological polar surface area (TPSA) is 91.7 Å². The van der Waals surface area contributed by atoms with E-state index in [0.29, 0.717) is 5.69 Å². The van der Waals surface area contributed by atoms with Crippen LogP contribution in [0.1, 0.15) is 27.3 Å². The summed E-state index contributed by atoms with van der Waals surface area (Å²) in [6, 6.07) is 11.8. The summed E-state index contributed by atoms with van der Waals surface area (Å²) in [6.07, 6.45) is 2.84. The van der Waals surface area contributed by atoms with Crippen molar-refractivity contribution in [3.63, 3.8) is 0 Å². The van der Waals surface area contributed by atoms with Crippen molar-refractivity contribution in [2.45, 2.75) is 20.5 Å². The predicted octanol–water partition coefficient (Wildman–Crippen LogP) is 4.54. The molecular weight excluding hydrogens is 448 g/mol. The third-order valence-corrected chi connectivity index (χ3v) is 4.93. The van der Waals surface area contributed by atoms with Crippen molar-refractivity contribution in [2.75, 3.05) is 19.5 Å². The number of esters is 1. The van der Waals surface area contributed by atoms with Crippen LogP contribution in [0.5, 0.6) is 11.5 Å². The molecule has 1 heterocycles. The van der Waals surface area contributed by atoms with Gasteiger partial charge in [-0.15, -0.1) is 0 Å². The molecule has 0 spiro atoms. The van der Waals surface area contributed by atoms with Gasteiger partial charge in [0.2, 0.25) is 5.91 Å². The summed E-state index contributed by atoms with van der Waals surface area (Å²) in [4.78, 5) is 24.8. The van der Waals surface area contributed by atoms with Crippen LogP contribution in [0.2, 0.25) is 0 Å². The van der Waals surface area contributed by atoms with E-state index < -0.39 is 18.5 Å². The normalized spacial score (nSPS) is 11.0. The maximum atomic E-state index is 12.8. The van der Waals surface area contributed by atoms with Gasteiger partial charge in [-0.25, -0.2) is 9.48 Å². The number of hydrogen-bond donors (Lipinski definition) is 1. The summed E-state index contributed by atoms with van der Waals surface area (Å²) >= 11 is 0. The number of nitrogens with one attached hydrogen (secondary N) is 1. The molecule has 1 aromatic heterocycles. The summed E-state index contributed by atoms with van der Waals surface area (Å²) in [6.45, 7) is 0.558. The zero-order valence-electron chi connectivity index (χ0n) is 19.0. The summed E-state index contributed by atoms with van der Waals surface area (Å²) in [5.74, 6) is -1.87. The second-order valence-corrected chi connectivity index (χ2v) is 7.07. The van der Waals surface area contributed by atoms with Gasteiger partial charge in [0.15, 0.2) is 11.5 Å².